The second-order valence-electron chi connectivity index (χ2n) is 6.92. The maximum atomic E-state index is 12.4. The number of aromatic nitrogens is 2. The van der Waals surface area contributed by atoms with Crippen LogP contribution >= 0.6 is 0 Å². The molecule has 142 valence electrons. The molecule has 3 N–H and O–H groups in total. The molecule has 1 amide bonds. The first-order valence-corrected chi connectivity index (χ1v) is 8.67. The maximum absolute atomic E-state index is 12.4. The second-order valence-corrected chi connectivity index (χ2v) is 6.92. The van der Waals surface area contributed by atoms with Crippen molar-refractivity contribution in [3.05, 3.63) is 42.2 Å². The zero-order chi connectivity index (χ0) is 19.4. The van der Waals surface area contributed by atoms with Crippen molar-refractivity contribution >= 4 is 11.7 Å². The Morgan fingerprint density at radius 2 is 2.22 bits per heavy atom. The number of nitrogens with zero attached hydrogens (tertiary/aromatic N) is 3. The number of aliphatic hydroxyl groups is 2. The Bertz CT molecular complexity index is 848. The van der Waals surface area contributed by atoms with Crippen LogP contribution in [0.5, 0.6) is 0 Å². The van der Waals surface area contributed by atoms with E-state index in [1.165, 1.54) is 6.07 Å². The average Bonchev–Trinajstić information content (AvgIpc) is 3.11. The van der Waals surface area contributed by atoms with Crippen LogP contribution in [-0.2, 0) is 0 Å². The third-order valence-electron chi connectivity index (χ3n) is 4.09. The number of amides is 1. The van der Waals surface area contributed by atoms with E-state index < -0.39 is 17.6 Å². The third kappa shape index (κ3) is 5.06. The Hall–Kier alpha value is -2.89. The predicted octanol–water partition coefficient (Wildman–Crippen LogP) is 0.562. The molecule has 0 bridgehead atoms. The Morgan fingerprint density at radius 1 is 1.41 bits per heavy atom. The number of nitrogens with one attached hydrogen (secondary N) is 1. The molecule has 2 aromatic rings. The standard InChI is InChI=1S/C19H22N4O4/c1-19(2,26)7-5-13-3-4-16(27-13)18(25)22-14-6-10-23(12-15(14)24)17-11-20-8-9-21-17/h3-4,8-9,11,14-15,24,26H,6,10,12H2,1-2H3,(H,22,25)/t14-,15-/m1/s1. The molecule has 2 atom stereocenters. The van der Waals surface area contributed by atoms with Crippen molar-refractivity contribution < 1.29 is 19.4 Å². The fourth-order valence-electron chi connectivity index (χ4n) is 2.74. The first kappa shape index (κ1) is 18.9. The SMILES string of the molecule is CC(C)(O)C#Cc1ccc(C(=O)N[C@@H]2CCN(c3cnccn3)C[C@H]2O)o1. The number of furan rings is 1. The normalized spacial score (nSPS) is 19.9. The van der Waals surface area contributed by atoms with Crippen molar-refractivity contribution in [1.82, 2.24) is 15.3 Å². The van der Waals surface area contributed by atoms with Gasteiger partial charge in [0.2, 0.25) is 0 Å². The number of rotatable bonds is 3. The topological polar surface area (TPSA) is 112 Å². The van der Waals surface area contributed by atoms with Gasteiger partial charge in [-0.05, 0) is 38.3 Å². The Balaban J connectivity index is 1.59. The van der Waals surface area contributed by atoms with Crippen molar-refractivity contribution in [1.29, 1.82) is 0 Å². The number of anilines is 1. The molecule has 3 heterocycles. The molecule has 0 saturated carbocycles. The summed E-state index contributed by atoms with van der Waals surface area (Å²) in [6, 6.07) is 2.70. The monoisotopic (exact) mass is 370 g/mol. The number of piperidine rings is 1. The number of carbonyl (C=O) groups is 1. The summed E-state index contributed by atoms with van der Waals surface area (Å²) in [5.74, 6) is 5.99. The first-order chi connectivity index (χ1) is 12.8. The fraction of sp³-hybridized carbons (Fsp3) is 0.421. The van der Waals surface area contributed by atoms with Crippen molar-refractivity contribution in [3.8, 4) is 11.8 Å². The number of aliphatic hydroxyl groups excluding tert-OH is 1. The molecule has 0 aliphatic carbocycles. The minimum Gasteiger partial charge on any atom is -0.443 e. The van der Waals surface area contributed by atoms with Gasteiger partial charge < -0.3 is 24.8 Å². The van der Waals surface area contributed by atoms with Crippen LogP contribution in [0.15, 0.2) is 35.1 Å². The first-order valence-electron chi connectivity index (χ1n) is 8.67. The van der Waals surface area contributed by atoms with Gasteiger partial charge in [0.1, 0.15) is 11.4 Å². The van der Waals surface area contributed by atoms with Gasteiger partial charge >= 0.3 is 0 Å². The lowest BCUT2D eigenvalue weighted by Gasteiger charge is -2.36. The molecule has 8 nitrogen and oxygen atoms in total. The van der Waals surface area contributed by atoms with Crippen LogP contribution in [0.2, 0.25) is 0 Å². The van der Waals surface area contributed by atoms with Crippen molar-refractivity contribution in [2.75, 3.05) is 18.0 Å². The summed E-state index contributed by atoms with van der Waals surface area (Å²) in [7, 11) is 0. The second kappa shape index (κ2) is 7.78. The van der Waals surface area contributed by atoms with E-state index in [0.717, 1.165) is 0 Å². The highest BCUT2D eigenvalue weighted by Gasteiger charge is 2.30. The van der Waals surface area contributed by atoms with Crippen LogP contribution < -0.4 is 10.2 Å². The van der Waals surface area contributed by atoms with Gasteiger partial charge in [0.15, 0.2) is 11.5 Å². The molecule has 0 radical (unpaired) electrons. The highest BCUT2D eigenvalue weighted by molar-refractivity contribution is 5.91. The molecule has 0 spiro atoms. The molecule has 0 aromatic carbocycles. The maximum Gasteiger partial charge on any atom is 0.287 e. The molecule has 8 heteroatoms. The number of hydrogen-bond donors (Lipinski definition) is 3. The Kier molecular flexibility index (Phi) is 5.44. The fourth-order valence-corrected chi connectivity index (χ4v) is 2.74. The molecule has 1 aliphatic heterocycles. The van der Waals surface area contributed by atoms with E-state index in [1.807, 2.05) is 4.90 Å². The highest BCUT2D eigenvalue weighted by atomic mass is 16.3. The lowest BCUT2D eigenvalue weighted by Crippen LogP contribution is -2.54. The van der Waals surface area contributed by atoms with E-state index in [-0.39, 0.29) is 11.8 Å². The summed E-state index contributed by atoms with van der Waals surface area (Å²) in [5.41, 5.74) is -1.14. The molecule has 1 aliphatic rings. The molecule has 0 unspecified atom stereocenters. The van der Waals surface area contributed by atoms with Gasteiger partial charge in [0, 0.05) is 25.5 Å². The van der Waals surface area contributed by atoms with Crippen molar-refractivity contribution in [2.45, 2.75) is 38.0 Å². The lowest BCUT2D eigenvalue weighted by molar-refractivity contribution is 0.0773. The van der Waals surface area contributed by atoms with Crippen LogP contribution in [0, 0.1) is 11.8 Å². The van der Waals surface area contributed by atoms with Crippen molar-refractivity contribution in [2.24, 2.45) is 0 Å². The largest absolute Gasteiger partial charge is 0.443 e. The molecular weight excluding hydrogens is 348 g/mol. The molecule has 2 aromatic heterocycles. The Morgan fingerprint density at radius 3 is 2.89 bits per heavy atom. The molecule has 1 fully saturated rings. The number of hydrogen-bond acceptors (Lipinski definition) is 7. The van der Waals surface area contributed by atoms with E-state index in [4.69, 9.17) is 4.42 Å². The summed E-state index contributed by atoms with van der Waals surface area (Å²) in [5, 5.41) is 22.8. The van der Waals surface area contributed by atoms with E-state index in [2.05, 4.69) is 27.1 Å². The zero-order valence-electron chi connectivity index (χ0n) is 15.2. The number of carbonyl (C=O) groups excluding carboxylic acids is 1. The van der Waals surface area contributed by atoms with Gasteiger partial charge in [0.05, 0.1) is 18.3 Å². The van der Waals surface area contributed by atoms with Gasteiger partial charge in [-0.25, -0.2) is 4.98 Å². The third-order valence-corrected chi connectivity index (χ3v) is 4.09. The smallest absolute Gasteiger partial charge is 0.287 e. The van der Waals surface area contributed by atoms with Gasteiger partial charge in [-0.1, -0.05) is 5.92 Å². The quantitative estimate of drug-likeness (QED) is 0.677. The summed E-state index contributed by atoms with van der Waals surface area (Å²) in [6.07, 6.45) is 4.66. The summed E-state index contributed by atoms with van der Waals surface area (Å²) in [6.45, 7) is 4.11. The molecular formula is C19H22N4O4. The van der Waals surface area contributed by atoms with Gasteiger partial charge in [-0.2, -0.15) is 0 Å². The van der Waals surface area contributed by atoms with Crippen LogP contribution in [-0.4, -0.2) is 56.9 Å². The summed E-state index contributed by atoms with van der Waals surface area (Å²) in [4.78, 5) is 22.6. The van der Waals surface area contributed by atoms with E-state index in [9.17, 15) is 15.0 Å². The minimum atomic E-state index is -1.14. The van der Waals surface area contributed by atoms with E-state index in [1.54, 1.807) is 38.5 Å². The van der Waals surface area contributed by atoms with Crippen LogP contribution in [0.3, 0.4) is 0 Å². The van der Waals surface area contributed by atoms with Crippen molar-refractivity contribution in [3.63, 3.8) is 0 Å². The van der Waals surface area contributed by atoms with E-state index in [0.29, 0.717) is 31.1 Å². The minimum absolute atomic E-state index is 0.110. The predicted molar refractivity (Wildman–Crippen MR) is 98.0 cm³/mol. The van der Waals surface area contributed by atoms with Crippen LogP contribution in [0.1, 0.15) is 36.6 Å². The van der Waals surface area contributed by atoms with Gasteiger partial charge in [-0.3, -0.25) is 9.78 Å². The zero-order valence-corrected chi connectivity index (χ0v) is 15.2. The van der Waals surface area contributed by atoms with Crippen LogP contribution in [0.4, 0.5) is 5.82 Å². The summed E-state index contributed by atoms with van der Waals surface area (Å²) >= 11 is 0. The number of β-amino-alcohol motifs (C(OH)–C–C–N with tert-alkyl or cyclic N) is 1. The lowest BCUT2D eigenvalue weighted by atomic mass is 10.0. The molecule has 1 saturated heterocycles. The Labute approximate surface area is 157 Å². The van der Waals surface area contributed by atoms with E-state index >= 15 is 0 Å². The average molecular weight is 370 g/mol. The molecule has 27 heavy (non-hydrogen) atoms. The van der Waals surface area contributed by atoms with Crippen LogP contribution in [0.25, 0.3) is 0 Å². The highest BCUT2D eigenvalue weighted by Crippen LogP contribution is 2.18. The molecule has 3 rings (SSSR count). The van der Waals surface area contributed by atoms with Gasteiger partial charge in [-0.15, -0.1) is 0 Å². The van der Waals surface area contributed by atoms with Gasteiger partial charge in [0.25, 0.3) is 5.91 Å². The summed E-state index contributed by atoms with van der Waals surface area (Å²) < 4.78 is 5.40.